The SMILES string of the molecule is CCN(CC)CCNC(=O)c1ccc(NC(=O)c2cccc(C)c2)cc1. The molecule has 5 nitrogen and oxygen atoms in total. The van der Waals surface area contributed by atoms with Crippen molar-refractivity contribution in [2.24, 2.45) is 0 Å². The molecule has 26 heavy (non-hydrogen) atoms. The Balaban J connectivity index is 1.89. The predicted molar refractivity (Wildman–Crippen MR) is 106 cm³/mol. The van der Waals surface area contributed by atoms with E-state index < -0.39 is 0 Å². The van der Waals surface area contributed by atoms with Gasteiger partial charge in [-0.05, 0) is 56.4 Å². The lowest BCUT2D eigenvalue weighted by Gasteiger charge is -2.18. The van der Waals surface area contributed by atoms with E-state index in [1.54, 1.807) is 30.3 Å². The Morgan fingerprint density at radius 2 is 1.62 bits per heavy atom. The van der Waals surface area contributed by atoms with Crippen LogP contribution in [-0.4, -0.2) is 42.9 Å². The van der Waals surface area contributed by atoms with Gasteiger partial charge in [-0.1, -0.05) is 31.5 Å². The van der Waals surface area contributed by atoms with E-state index in [9.17, 15) is 9.59 Å². The first-order valence-corrected chi connectivity index (χ1v) is 9.02. The van der Waals surface area contributed by atoms with E-state index in [0.717, 1.165) is 25.2 Å². The highest BCUT2D eigenvalue weighted by molar-refractivity contribution is 6.04. The van der Waals surface area contributed by atoms with E-state index in [1.165, 1.54) is 0 Å². The molecule has 0 unspecified atom stereocenters. The van der Waals surface area contributed by atoms with Gasteiger partial charge in [-0.2, -0.15) is 0 Å². The molecule has 2 amide bonds. The first-order chi connectivity index (χ1) is 12.5. The van der Waals surface area contributed by atoms with Crippen LogP contribution in [0.15, 0.2) is 48.5 Å². The van der Waals surface area contributed by atoms with Crippen LogP contribution in [0.3, 0.4) is 0 Å². The Bertz CT molecular complexity index is 737. The van der Waals surface area contributed by atoms with Gasteiger partial charge < -0.3 is 15.5 Å². The number of rotatable bonds is 8. The largest absolute Gasteiger partial charge is 0.351 e. The lowest BCUT2D eigenvalue weighted by atomic mass is 10.1. The summed E-state index contributed by atoms with van der Waals surface area (Å²) >= 11 is 0. The Kier molecular flexibility index (Phi) is 7.36. The molecule has 0 bridgehead atoms. The van der Waals surface area contributed by atoms with Crippen molar-refractivity contribution in [3.63, 3.8) is 0 Å². The van der Waals surface area contributed by atoms with Crippen LogP contribution in [0.25, 0.3) is 0 Å². The number of hydrogen-bond acceptors (Lipinski definition) is 3. The molecule has 0 saturated heterocycles. The van der Waals surface area contributed by atoms with Gasteiger partial charge in [-0.15, -0.1) is 0 Å². The molecule has 0 fully saturated rings. The van der Waals surface area contributed by atoms with E-state index in [1.807, 2.05) is 25.1 Å². The van der Waals surface area contributed by atoms with Crippen LogP contribution in [0, 0.1) is 6.92 Å². The molecule has 0 saturated carbocycles. The van der Waals surface area contributed by atoms with E-state index in [0.29, 0.717) is 23.4 Å². The summed E-state index contributed by atoms with van der Waals surface area (Å²) < 4.78 is 0. The summed E-state index contributed by atoms with van der Waals surface area (Å²) in [5.41, 5.74) is 2.90. The summed E-state index contributed by atoms with van der Waals surface area (Å²) in [6.45, 7) is 9.56. The number of nitrogens with one attached hydrogen (secondary N) is 2. The van der Waals surface area contributed by atoms with Gasteiger partial charge in [0.15, 0.2) is 0 Å². The first-order valence-electron chi connectivity index (χ1n) is 9.02. The highest BCUT2D eigenvalue weighted by atomic mass is 16.2. The highest BCUT2D eigenvalue weighted by Gasteiger charge is 2.08. The van der Waals surface area contributed by atoms with Crippen LogP contribution in [0.4, 0.5) is 5.69 Å². The fourth-order valence-corrected chi connectivity index (χ4v) is 2.66. The number of carbonyl (C=O) groups excluding carboxylic acids is 2. The average molecular weight is 353 g/mol. The minimum Gasteiger partial charge on any atom is -0.351 e. The van der Waals surface area contributed by atoms with Crippen molar-refractivity contribution in [2.45, 2.75) is 20.8 Å². The van der Waals surface area contributed by atoms with Crippen molar-refractivity contribution in [3.05, 3.63) is 65.2 Å². The standard InChI is InChI=1S/C21H27N3O2/c1-4-24(5-2)14-13-22-20(25)17-9-11-19(12-10-17)23-21(26)18-8-6-7-16(3)15-18/h6-12,15H,4-5,13-14H2,1-3H3,(H,22,25)(H,23,26). The second-order valence-electron chi connectivity index (χ2n) is 6.18. The zero-order valence-corrected chi connectivity index (χ0v) is 15.7. The monoisotopic (exact) mass is 353 g/mol. The van der Waals surface area contributed by atoms with Crippen LogP contribution in [0.1, 0.15) is 40.1 Å². The number of nitrogens with zero attached hydrogens (tertiary/aromatic N) is 1. The number of aryl methyl sites for hydroxylation is 1. The molecule has 2 aromatic carbocycles. The Labute approximate surface area is 155 Å². The molecule has 0 aliphatic rings. The molecule has 2 aromatic rings. The van der Waals surface area contributed by atoms with Gasteiger partial charge in [-0.3, -0.25) is 9.59 Å². The molecule has 2 rings (SSSR count). The molecule has 0 aromatic heterocycles. The summed E-state index contributed by atoms with van der Waals surface area (Å²) in [4.78, 5) is 26.7. The fourth-order valence-electron chi connectivity index (χ4n) is 2.66. The zero-order valence-electron chi connectivity index (χ0n) is 15.7. The third-order valence-electron chi connectivity index (χ3n) is 4.29. The van der Waals surface area contributed by atoms with E-state index in [4.69, 9.17) is 0 Å². The number of benzene rings is 2. The molecular weight excluding hydrogens is 326 g/mol. The number of amides is 2. The van der Waals surface area contributed by atoms with Crippen LogP contribution in [-0.2, 0) is 0 Å². The van der Waals surface area contributed by atoms with Crippen molar-refractivity contribution in [3.8, 4) is 0 Å². The molecule has 0 atom stereocenters. The number of carbonyl (C=O) groups is 2. The quantitative estimate of drug-likeness (QED) is 0.765. The third kappa shape index (κ3) is 5.70. The Morgan fingerprint density at radius 3 is 2.23 bits per heavy atom. The fraction of sp³-hybridized carbons (Fsp3) is 0.333. The minimum atomic E-state index is -0.162. The Morgan fingerprint density at radius 1 is 0.923 bits per heavy atom. The number of likely N-dealkylation sites (N-methyl/N-ethyl adjacent to an activating group) is 1. The average Bonchev–Trinajstić information content (AvgIpc) is 2.65. The predicted octanol–water partition coefficient (Wildman–Crippen LogP) is 3.32. The van der Waals surface area contributed by atoms with Gasteiger partial charge in [0.05, 0.1) is 0 Å². The second kappa shape index (κ2) is 9.73. The van der Waals surface area contributed by atoms with Crippen molar-refractivity contribution >= 4 is 17.5 Å². The van der Waals surface area contributed by atoms with Gasteiger partial charge in [0.2, 0.25) is 0 Å². The van der Waals surface area contributed by atoms with E-state index in [2.05, 4.69) is 29.4 Å². The maximum Gasteiger partial charge on any atom is 0.255 e. The molecule has 0 heterocycles. The summed E-state index contributed by atoms with van der Waals surface area (Å²) in [5, 5.41) is 5.77. The molecule has 0 aliphatic heterocycles. The Hall–Kier alpha value is -2.66. The molecule has 0 spiro atoms. The van der Waals surface area contributed by atoms with Gasteiger partial charge in [0.25, 0.3) is 11.8 Å². The van der Waals surface area contributed by atoms with Gasteiger partial charge in [0.1, 0.15) is 0 Å². The second-order valence-corrected chi connectivity index (χ2v) is 6.18. The van der Waals surface area contributed by atoms with Crippen LogP contribution in [0.2, 0.25) is 0 Å². The van der Waals surface area contributed by atoms with Gasteiger partial charge >= 0.3 is 0 Å². The van der Waals surface area contributed by atoms with Crippen molar-refractivity contribution in [1.82, 2.24) is 10.2 Å². The molecule has 138 valence electrons. The van der Waals surface area contributed by atoms with Crippen LogP contribution < -0.4 is 10.6 Å². The maximum absolute atomic E-state index is 12.3. The number of hydrogen-bond donors (Lipinski definition) is 2. The first kappa shape index (κ1) is 19.7. The van der Waals surface area contributed by atoms with Gasteiger partial charge in [0, 0.05) is 29.9 Å². The molecule has 0 radical (unpaired) electrons. The van der Waals surface area contributed by atoms with E-state index in [-0.39, 0.29) is 11.8 Å². The minimum absolute atomic E-state index is 0.103. The van der Waals surface area contributed by atoms with Crippen LogP contribution in [0.5, 0.6) is 0 Å². The lowest BCUT2D eigenvalue weighted by Crippen LogP contribution is -2.34. The van der Waals surface area contributed by atoms with Crippen molar-refractivity contribution in [2.75, 3.05) is 31.5 Å². The molecule has 0 aliphatic carbocycles. The van der Waals surface area contributed by atoms with Gasteiger partial charge in [-0.25, -0.2) is 0 Å². The summed E-state index contributed by atoms with van der Waals surface area (Å²) in [7, 11) is 0. The molecular formula is C21H27N3O2. The third-order valence-corrected chi connectivity index (χ3v) is 4.29. The van der Waals surface area contributed by atoms with Crippen LogP contribution >= 0.6 is 0 Å². The lowest BCUT2D eigenvalue weighted by molar-refractivity contribution is 0.0948. The van der Waals surface area contributed by atoms with E-state index >= 15 is 0 Å². The summed E-state index contributed by atoms with van der Waals surface area (Å²) in [6, 6.07) is 14.4. The van der Waals surface area contributed by atoms with Crippen molar-refractivity contribution < 1.29 is 9.59 Å². The molecule has 2 N–H and O–H groups in total. The smallest absolute Gasteiger partial charge is 0.255 e. The zero-order chi connectivity index (χ0) is 18.9. The topological polar surface area (TPSA) is 61.4 Å². The number of anilines is 1. The maximum atomic E-state index is 12.3. The van der Waals surface area contributed by atoms with Crippen molar-refractivity contribution in [1.29, 1.82) is 0 Å². The normalized spacial score (nSPS) is 10.6. The molecule has 5 heteroatoms. The highest BCUT2D eigenvalue weighted by Crippen LogP contribution is 2.12. The summed E-state index contributed by atoms with van der Waals surface area (Å²) in [5.74, 6) is -0.265. The summed E-state index contributed by atoms with van der Waals surface area (Å²) in [6.07, 6.45) is 0.